The number of hydrogen-bond donors (Lipinski definition) is 1. The van der Waals surface area contributed by atoms with Gasteiger partial charge < -0.3 is 19.5 Å². The van der Waals surface area contributed by atoms with Crippen LogP contribution in [0.1, 0.15) is 65.2 Å². The monoisotopic (exact) mass is 437 g/mol. The molecule has 6 nitrogen and oxygen atoms in total. The maximum Gasteiger partial charge on any atom is 0.307 e. The van der Waals surface area contributed by atoms with E-state index in [4.69, 9.17) is 14.6 Å². The molecule has 0 radical (unpaired) electrons. The van der Waals surface area contributed by atoms with Gasteiger partial charge in [0.05, 0.1) is 6.42 Å². The van der Waals surface area contributed by atoms with Crippen LogP contribution >= 0.6 is 0 Å². The summed E-state index contributed by atoms with van der Waals surface area (Å²) in [6.07, 6.45) is 15.9. The molecule has 0 spiro atoms. The van der Waals surface area contributed by atoms with E-state index in [1.807, 2.05) is 37.3 Å². The zero-order chi connectivity index (χ0) is 23.2. The molecule has 0 saturated carbocycles. The molecule has 1 N–H and O–H groups in total. The van der Waals surface area contributed by atoms with Gasteiger partial charge in [-0.2, -0.15) is 0 Å². The van der Waals surface area contributed by atoms with Crippen molar-refractivity contribution in [3.05, 3.63) is 37.0 Å². The molecule has 0 aliphatic carbocycles. The van der Waals surface area contributed by atoms with E-state index in [0.29, 0.717) is 38.5 Å². The smallest absolute Gasteiger partial charge is 0.307 e. The van der Waals surface area contributed by atoms with E-state index in [1.54, 1.807) is 0 Å². The lowest BCUT2D eigenvalue weighted by molar-refractivity contribution is -0.143. The van der Waals surface area contributed by atoms with Crippen LogP contribution in [-0.2, 0) is 19.1 Å². The summed E-state index contributed by atoms with van der Waals surface area (Å²) in [5, 5.41) is 8.84. The highest BCUT2D eigenvalue weighted by Crippen LogP contribution is 2.13. The Morgan fingerprint density at radius 2 is 1.65 bits per heavy atom. The third kappa shape index (κ3) is 18.6. The minimum Gasteiger partial charge on any atom is -0.461 e. The summed E-state index contributed by atoms with van der Waals surface area (Å²) in [4.78, 5) is 25.3. The molecule has 0 aliphatic heterocycles. The number of esters is 2. The van der Waals surface area contributed by atoms with Crippen LogP contribution in [0.4, 0.5) is 0 Å². The second-order valence-electron chi connectivity index (χ2n) is 7.48. The number of carbonyl (C=O) groups is 2. The predicted octanol–water partition coefficient (Wildman–Crippen LogP) is 4.44. The average Bonchev–Trinajstić information content (AvgIpc) is 2.76. The number of nitrogens with zero attached hydrogens (tertiary/aromatic N) is 1. The third-order valence-electron chi connectivity index (χ3n) is 4.91. The standard InChI is InChI=1S/C25H43NO5/c1-4-14-24(28)30-21-12-7-8-15-23(5-2)16-9-13-22-31-25(29)17-19-26(6-3)18-10-11-20-27/h5,7,9,12-13,23,27H,2,4,6,8,10-11,14-22H2,1,3H3/b12-7+,13-9-. The quantitative estimate of drug-likeness (QED) is 0.172. The SMILES string of the molecule is C=CC(C/C=C\COC(=O)CCN(CC)CCCCO)CC/C=C/COC(=O)CCC. The van der Waals surface area contributed by atoms with Crippen LogP contribution in [0.5, 0.6) is 0 Å². The topological polar surface area (TPSA) is 76.1 Å². The maximum absolute atomic E-state index is 11.9. The molecule has 0 bridgehead atoms. The van der Waals surface area contributed by atoms with Gasteiger partial charge in [-0.25, -0.2) is 0 Å². The first kappa shape index (κ1) is 29.1. The van der Waals surface area contributed by atoms with Gasteiger partial charge in [-0.1, -0.05) is 44.2 Å². The molecule has 0 saturated heterocycles. The van der Waals surface area contributed by atoms with Gasteiger partial charge in [0.15, 0.2) is 0 Å². The van der Waals surface area contributed by atoms with Crippen LogP contribution < -0.4 is 0 Å². The highest BCUT2D eigenvalue weighted by Gasteiger charge is 2.07. The normalized spacial score (nSPS) is 12.5. The molecule has 0 rings (SSSR count). The van der Waals surface area contributed by atoms with Crippen molar-refractivity contribution in [1.82, 2.24) is 4.90 Å². The minimum absolute atomic E-state index is 0.150. The molecule has 0 aromatic rings. The van der Waals surface area contributed by atoms with E-state index in [9.17, 15) is 9.59 Å². The van der Waals surface area contributed by atoms with E-state index >= 15 is 0 Å². The Morgan fingerprint density at radius 1 is 0.968 bits per heavy atom. The van der Waals surface area contributed by atoms with Crippen molar-refractivity contribution in [3.63, 3.8) is 0 Å². The lowest BCUT2D eigenvalue weighted by Crippen LogP contribution is -2.28. The Bertz CT molecular complexity index is 530. The minimum atomic E-state index is -0.185. The Kier molecular flexibility index (Phi) is 20.0. The van der Waals surface area contributed by atoms with Gasteiger partial charge in [0, 0.05) is 19.6 Å². The first-order valence-electron chi connectivity index (χ1n) is 11.6. The molecule has 0 amide bonds. The van der Waals surface area contributed by atoms with Gasteiger partial charge in [0.1, 0.15) is 13.2 Å². The molecular formula is C25H43NO5. The van der Waals surface area contributed by atoms with Crippen molar-refractivity contribution in [2.45, 2.75) is 65.2 Å². The number of aliphatic hydroxyl groups is 1. The van der Waals surface area contributed by atoms with Crippen LogP contribution in [0.3, 0.4) is 0 Å². The molecule has 0 aromatic carbocycles. The zero-order valence-electron chi connectivity index (χ0n) is 19.6. The summed E-state index contributed by atoms with van der Waals surface area (Å²) in [5.74, 6) is 0.0225. The molecule has 0 aliphatic rings. The van der Waals surface area contributed by atoms with Crippen molar-refractivity contribution in [2.24, 2.45) is 5.92 Å². The first-order valence-corrected chi connectivity index (χ1v) is 11.6. The molecular weight excluding hydrogens is 394 g/mol. The molecule has 0 aromatic heterocycles. The van der Waals surface area contributed by atoms with Gasteiger partial charge >= 0.3 is 11.9 Å². The Morgan fingerprint density at radius 3 is 2.26 bits per heavy atom. The molecule has 1 unspecified atom stereocenters. The number of ether oxygens (including phenoxy) is 2. The second kappa shape index (κ2) is 21.3. The van der Waals surface area contributed by atoms with E-state index < -0.39 is 0 Å². The molecule has 31 heavy (non-hydrogen) atoms. The van der Waals surface area contributed by atoms with Crippen LogP contribution in [0.15, 0.2) is 37.0 Å². The molecule has 0 heterocycles. The Hall–Kier alpha value is -1.92. The van der Waals surface area contributed by atoms with Gasteiger partial charge in [-0.15, -0.1) is 6.58 Å². The fourth-order valence-corrected chi connectivity index (χ4v) is 2.92. The fraction of sp³-hybridized carbons (Fsp3) is 0.680. The van der Waals surface area contributed by atoms with Crippen molar-refractivity contribution >= 4 is 11.9 Å². The third-order valence-corrected chi connectivity index (χ3v) is 4.91. The van der Waals surface area contributed by atoms with Crippen LogP contribution in [0, 0.1) is 5.92 Å². The average molecular weight is 438 g/mol. The van der Waals surface area contributed by atoms with E-state index in [0.717, 1.165) is 51.6 Å². The van der Waals surface area contributed by atoms with Gasteiger partial charge in [-0.05, 0) is 57.5 Å². The van der Waals surface area contributed by atoms with E-state index in [1.165, 1.54) is 0 Å². The van der Waals surface area contributed by atoms with Crippen LogP contribution in [0.25, 0.3) is 0 Å². The summed E-state index contributed by atoms with van der Waals surface area (Å²) in [7, 11) is 0. The molecule has 0 fully saturated rings. The zero-order valence-corrected chi connectivity index (χ0v) is 19.6. The maximum atomic E-state index is 11.9. The predicted molar refractivity (Wildman–Crippen MR) is 126 cm³/mol. The van der Waals surface area contributed by atoms with Crippen molar-refractivity contribution < 1.29 is 24.2 Å². The van der Waals surface area contributed by atoms with Crippen molar-refractivity contribution in [2.75, 3.05) is 39.5 Å². The number of carbonyl (C=O) groups excluding carboxylic acids is 2. The van der Waals surface area contributed by atoms with Gasteiger partial charge in [0.25, 0.3) is 0 Å². The highest BCUT2D eigenvalue weighted by atomic mass is 16.5. The first-order chi connectivity index (χ1) is 15.1. The fourth-order valence-electron chi connectivity index (χ4n) is 2.92. The molecule has 6 heteroatoms. The summed E-state index contributed by atoms with van der Waals surface area (Å²) < 4.78 is 10.3. The van der Waals surface area contributed by atoms with Crippen molar-refractivity contribution in [1.29, 1.82) is 0 Å². The molecule has 178 valence electrons. The van der Waals surface area contributed by atoms with E-state index in [2.05, 4.69) is 18.4 Å². The number of aliphatic hydroxyl groups excluding tert-OH is 1. The van der Waals surface area contributed by atoms with E-state index in [-0.39, 0.29) is 18.5 Å². The molecule has 1 atom stereocenters. The lowest BCUT2D eigenvalue weighted by atomic mass is 9.99. The Labute approximate surface area is 189 Å². The number of hydrogen-bond acceptors (Lipinski definition) is 6. The summed E-state index contributed by atoms with van der Waals surface area (Å²) in [5.41, 5.74) is 0. The summed E-state index contributed by atoms with van der Waals surface area (Å²) in [6, 6.07) is 0. The van der Waals surface area contributed by atoms with Crippen LogP contribution in [0.2, 0.25) is 0 Å². The number of rotatable bonds is 20. The second-order valence-corrected chi connectivity index (χ2v) is 7.48. The summed E-state index contributed by atoms with van der Waals surface area (Å²) >= 11 is 0. The van der Waals surface area contributed by atoms with Gasteiger partial charge in [0.2, 0.25) is 0 Å². The summed E-state index contributed by atoms with van der Waals surface area (Å²) in [6.45, 7) is 11.2. The largest absolute Gasteiger partial charge is 0.461 e. The van der Waals surface area contributed by atoms with Crippen LogP contribution in [-0.4, -0.2) is 61.4 Å². The van der Waals surface area contributed by atoms with Crippen molar-refractivity contribution in [3.8, 4) is 0 Å². The number of allylic oxidation sites excluding steroid dienone is 3. The number of unbranched alkanes of at least 4 members (excludes halogenated alkanes) is 1. The highest BCUT2D eigenvalue weighted by molar-refractivity contribution is 5.69. The Balaban J connectivity index is 3.89. The lowest BCUT2D eigenvalue weighted by Gasteiger charge is -2.19. The van der Waals surface area contributed by atoms with Gasteiger partial charge in [-0.3, -0.25) is 9.59 Å².